The molecule has 0 radical (unpaired) electrons. The summed E-state index contributed by atoms with van der Waals surface area (Å²) in [5.74, 6) is 0.480. The van der Waals surface area contributed by atoms with E-state index in [9.17, 15) is 18.0 Å². The summed E-state index contributed by atoms with van der Waals surface area (Å²) in [6, 6.07) is 4.84. The molecule has 0 spiro atoms. The minimum absolute atomic E-state index is 0.116. The molecule has 9 heteroatoms. The maximum atomic E-state index is 13.2. The fraction of sp³-hybridized carbons (Fsp3) is 0.652. The van der Waals surface area contributed by atoms with Gasteiger partial charge >= 0.3 is 5.69 Å². The summed E-state index contributed by atoms with van der Waals surface area (Å²) in [6.45, 7) is 6.96. The minimum Gasteiger partial charge on any atom is -0.352 e. The van der Waals surface area contributed by atoms with Crippen molar-refractivity contribution >= 4 is 27.0 Å². The molecule has 2 aromatic rings. The molecular weight excluding hydrogens is 428 g/mol. The maximum Gasteiger partial charge on any atom is 0.329 e. The van der Waals surface area contributed by atoms with Gasteiger partial charge in [-0.3, -0.25) is 13.9 Å². The molecule has 1 saturated carbocycles. The maximum absolute atomic E-state index is 13.2. The predicted molar refractivity (Wildman–Crippen MR) is 124 cm³/mol. The van der Waals surface area contributed by atoms with Crippen LogP contribution in [-0.2, 0) is 21.4 Å². The van der Waals surface area contributed by atoms with E-state index in [1.54, 1.807) is 22.8 Å². The van der Waals surface area contributed by atoms with Gasteiger partial charge in [0, 0.05) is 25.2 Å². The first-order valence-electron chi connectivity index (χ1n) is 11.7. The van der Waals surface area contributed by atoms with Crippen molar-refractivity contribution in [3.8, 4) is 0 Å². The zero-order chi connectivity index (χ0) is 23.0. The van der Waals surface area contributed by atoms with E-state index in [1.807, 2.05) is 13.8 Å². The monoisotopic (exact) mass is 462 g/mol. The molecule has 1 aromatic heterocycles. The summed E-state index contributed by atoms with van der Waals surface area (Å²) >= 11 is 0. The normalized spacial score (nSPS) is 22.6. The van der Waals surface area contributed by atoms with Gasteiger partial charge in [-0.1, -0.05) is 6.92 Å². The number of hydrogen-bond acceptors (Lipinski definition) is 4. The van der Waals surface area contributed by atoms with E-state index in [0.717, 1.165) is 38.5 Å². The number of nitrogens with one attached hydrogen (secondary N) is 1. The molecule has 0 atom stereocenters. The Labute approximate surface area is 189 Å². The standard InChI is InChI=1S/C23H34N4O4S/c1-16(2)27-20-11-10-19(32(30,31)25-12-4-5-13-25)14-21(20)26(23(27)29)15-22(28)24-18-8-6-17(3)7-9-18/h10-11,14,16-18H,4-9,12-13,15H2,1-3H3,(H,24,28). The Morgan fingerprint density at radius 2 is 1.75 bits per heavy atom. The Morgan fingerprint density at radius 1 is 1.09 bits per heavy atom. The summed E-state index contributed by atoms with van der Waals surface area (Å²) in [7, 11) is -3.62. The third-order valence-corrected chi connectivity index (χ3v) is 8.73. The molecule has 1 saturated heterocycles. The molecule has 2 aliphatic rings. The molecule has 0 unspecified atom stereocenters. The van der Waals surface area contributed by atoms with Crippen LogP contribution in [0, 0.1) is 5.92 Å². The fourth-order valence-electron chi connectivity index (χ4n) is 4.97. The first-order valence-corrected chi connectivity index (χ1v) is 13.2. The highest BCUT2D eigenvalue weighted by atomic mass is 32.2. The number of amides is 1. The SMILES string of the molecule is CC1CCC(NC(=O)Cn2c(=O)n(C(C)C)c3ccc(S(=O)(=O)N4CCCC4)cc32)CC1. The van der Waals surface area contributed by atoms with Crippen molar-refractivity contribution < 1.29 is 13.2 Å². The minimum atomic E-state index is -3.62. The fourth-order valence-corrected chi connectivity index (χ4v) is 6.51. The predicted octanol–water partition coefficient (Wildman–Crippen LogP) is 2.86. The van der Waals surface area contributed by atoms with Gasteiger partial charge in [0.1, 0.15) is 6.54 Å². The van der Waals surface area contributed by atoms with Gasteiger partial charge in [0.2, 0.25) is 15.9 Å². The first kappa shape index (κ1) is 23.0. The average Bonchev–Trinajstić information content (AvgIpc) is 3.37. The number of hydrogen-bond donors (Lipinski definition) is 1. The lowest BCUT2D eigenvalue weighted by atomic mass is 9.87. The molecule has 2 heterocycles. The smallest absolute Gasteiger partial charge is 0.329 e. The number of fused-ring (bicyclic) bond motifs is 1. The van der Waals surface area contributed by atoms with Crippen molar-refractivity contribution in [3.63, 3.8) is 0 Å². The second-order valence-electron chi connectivity index (χ2n) is 9.62. The Bertz CT molecular complexity index is 1150. The van der Waals surface area contributed by atoms with Crippen molar-refractivity contribution in [1.82, 2.24) is 18.8 Å². The largest absolute Gasteiger partial charge is 0.352 e. The highest BCUT2D eigenvalue weighted by molar-refractivity contribution is 7.89. The van der Waals surface area contributed by atoms with E-state index >= 15 is 0 Å². The number of rotatable bonds is 6. The Morgan fingerprint density at radius 3 is 2.38 bits per heavy atom. The van der Waals surface area contributed by atoms with Crippen LogP contribution in [0.15, 0.2) is 27.9 Å². The first-order chi connectivity index (χ1) is 15.2. The van der Waals surface area contributed by atoms with Gasteiger partial charge in [-0.25, -0.2) is 13.2 Å². The van der Waals surface area contributed by atoms with Crippen molar-refractivity contribution in [2.45, 2.75) is 82.8 Å². The summed E-state index contributed by atoms with van der Waals surface area (Å²) in [6.07, 6.45) is 5.80. The second kappa shape index (κ2) is 9.02. The molecule has 1 aliphatic heterocycles. The summed E-state index contributed by atoms with van der Waals surface area (Å²) < 4.78 is 30.7. The molecule has 0 bridgehead atoms. The van der Waals surface area contributed by atoms with E-state index < -0.39 is 10.0 Å². The van der Waals surface area contributed by atoms with E-state index in [2.05, 4.69) is 12.2 Å². The summed E-state index contributed by atoms with van der Waals surface area (Å²) in [5, 5.41) is 3.07. The van der Waals surface area contributed by atoms with E-state index in [4.69, 9.17) is 0 Å². The summed E-state index contributed by atoms with van der Waals surface area (Å²) in [5.41, 5.74) is 0.833. The van der Waals surface area contributed by atoms with Crippen LogP contribution in [0.1, 0.15) is 65.3 Å². The van der Waals surface area contributed by atoms with Crippen LogP contribution in [0.25, 0.3) is 11.0 Å². The number of aromatic nitrogens is 2. The zero-order valence-corrected chi connectivity index (χ0v) is 20.0. The van der Waals surface area contributed by atoms with Crippen LogP contribution in [0.3, 0.4) is 0 Å². The molecule has 1 aromatic carbocycles. The number of carbonyl (C=O) groups is 1. The molecular formula is C23H34N4O4S. The third-order valence-electron chi connectivity index (χ3n) is 6.84. The molecule has 1 N–H and O–H groups in total. The molecule has 8 nitrogen and oxygen atoms in total. The molecule has 176 valence electrons. The summed E-state index contributed by atoms with van der Waals surface area (Å²) in [4.78, 5) is 26.2. The highest BCUT2D eigenvalue weighted by Gasteiger charge is 2.29. The van der Waals surface area contributed by atoms with Crippen LogP contribution in [0.2, 0.25) is 0 Å². The van der Waals surface area contributed by atoms with Gasteiger partial charge in [0.25, 0.3) is 0 Å². The zero-order valence-electron chi connectivity index (χ0n) is 19.2. The molecule has 32 heavy (non-hydrogen) atoms. The lowest BCUT2D eigenvalue weighted by molar-refractivity contribution is -0.122. The van der Waals surface area contributed by atoms with Gasteiger partial charge in [0.05, 0.1) is 15.9 Å². The van der Waals surface area contributed by atoms with Crippen molar-refractivity contribution in [3.05, 3.63) is 28.7 Å². The molecule has 1 aliphatic carbocycles. The lowest BCUT2D eigenvalue weighted by Crippen LogP contribution is -2.40. The second-order valence-corrected chi connectivity index (χ2v) is 11.6. The van der Waals surface area contributed by atoms with Crippen molar-refractivity contribution in [1.29, 1.82) is 0 Å². The number of sulfonamides is 1. The van der Waals surface area contributed by atoms with E-state index in [-0.39, 0.29) is 35.1 Å². The molecule has 2 fully saturated rings. The topological polar surface area (TPSA) is 93.4 Å². The van der Waals surface area contributed by atoms with E-state index in [0.29, 0.717) is 30.0 Å². The van der Waals surface area contributed by atoms with Crippen LogP contribution >= 0.6 is 0 Å². The Hall–Kier alpha value is -2.13. The molecule has 4 rings (SSSR count). The van der Waals surface area contributed by atoms with Gasteiger partial charge in [-0.15, -0.1) is 0 Å². The Balaban J connectivity index is 1.68. The lowest BCUT2D eigenvalue weighted by Gasteiger charge is -2.26. The third kappa shape index (κ3) is 4.37. The highest BCUT2D eigenvalue weighted by Crippen LogP contribution is 2.26. The number of carbonyl (C=O) groups excluding carboxylic acids is 1. The van der Waals surface area contributed by atoms with Crippen LogP contribution in [0.5, 0.6) is 0 Å². The van der Waals surface area contributed by atoms with Gasteiger partial charge in [-0.05, 0) is 76.5 Å². The van der Waals surface area contributed by atoms with Crippen molar-refractivity contribution in [2.75, 3.05) is 13.1 Å². The quantitative estimate of drug-likeness (QED) is 0.714. The molecule has 1 amide bonds. The van der Waals surface area contributed by atoms with Crippen molar-refractivity contribution in [2.24, 2.45) is 5.92 Å². The average molecular weight is 463 g/mol. The Kier molecular flexibility index (Phi) is 6.49. The van der Waals surface area contributed by atoms with E-state index in [1.165, 1.54) is 8.87 Å². The van der Waals surface area contributed by atoms with Gasteiger partial charge in [0.15, 0.2) is 0 Å². The number of benzene rings is 1. The van der Waals surface area contributed by atoms with Crippen LogP contribution < -0.4 is 11.0 Å². The number of nitrogens with zero attached hydrogens (tertiary/aromatic N) is 3. The van der Waals surface area contributed by atoms with Crippen LogP contribution in [0.4, 0.5) is 0 Å². The van der Waals surface area contributed by atoms with Gasteiger partial charge < -0.3 is 5.32 Å². The number of imidazole rings is 1. The van der Waals surface area contributed by atoms with Gasteiger partial charge in [-0.2, -0.15) is 4.31 Å². The van der Waals surface area contributed by atoms with Crippen LogP contribution in [-0.4, -0.2) is 46.9 Å².